The highest BCUT2D eigenvalue weighted by Gasteiger charge is 2.08. The number of aromatic nitrogens is 2. The third kappa shape index (κ3) is 4.36. The van der Waals surface area contributed by atoms with E-state index in [0.717, 1.165) is 16.3 Å². The minimum absolute atomic E-state index is 0.587. The van der Waals surface area contributed by atoms with Gasteiger partial charge in [0.05, 0.1) is 6.42 Å². The van der Waals surface area contributed by atoms with Gasteiger partial charge in [0.2, 0.25) is 5.89 Å². The molecule has 5 heteroatoms. The van der Waals surface area contributed by atoms with Crippen molar-refractivity contribution in [1.82, 2.24) is 10.2 Å². The van der Waals surface area contributed by atoms with E-state index in [-0.39, 0.29) is 0 Å². The minimum Gasteiger partial charge on any atom is -0.416 e. The van der Waals surface area contributed by atoms with Crippen LogP contribution in [0.1, 0.15) is 28.1 Å². The van der Waals surface area contributed by atoms with Gasteiger partial charge in [0.15, 0.2) is 0 Å². The molecular formula is C18H17ClN2OS. The number of benzene rings is 2. The van der Waals surface area contributed by atoms with Crippen LogP contribution >= 0.6 is 23.4 Å². The van der Waals surface area contributed by atoms with Crippen LogP contribution in [0.25, 0.3) is 0 Å². The van der Waals surface area contributed by atoms with Crippen molar-refractivity contribution in [2.75, 3.05) is 0 Å². The van der Waals surface area contributed by atoms with Gasteiger partial charge >= 0.3 is 0 Å². The molecule has 0 N–H and O–H groups in total. The van der Waals surface area contributed by atoms with Crippen molar-refractivity contribution in [1.29, 1.82) is 0 Å². The molecule has 0 aliphatic heterocycles. The normalized spacial score (nSPS) is 10.9. The fraction of sp³-hybridized carbons (Fsp3) is 0.222. The molecule has 0 aliphatic carbocycles. The quantitative estimate of drug-likeness (QED) is 0.594. The van der Waals surface area contributed by atoms with Gasteiger partial charge in [-0.15, -0.1) is 10.2 Å². The summed E-state index contributed by atoms with van der Waals surface area (Å²) in [5.41, 5.74) is 4.88. The molecule has 3 rings (SSSR count). The fourth-order valence-corrected chi connectivity index (χ4v) is 3.16. The highest BCUT2D eigenvalue weighted by Crippen LogP contribution is 2.24. The smallest absolute Gasteiger partial charge is 0.276 e. The molecule has 0 unspecified atom stereocenters. The second kappa shape index (κ2) is 7.20. The summed E-state index contributed by atoms with van der Waals surface area (Å²) in [5.74, 6) is 1.40. The van der Waals surface area contributed by atoms with Crippen molar-refractivity contribution in [2.45, 2.75) is 31.2 Å². The molecule has 0 fully saturated rings. The highest BCUT2D eigenvalue weighted by atomic mass is 35.5. The average molecular weight is 345 g/mol. The molecule has 1 heterocycles. The summed E-state index contributed by atoms with van der Waals surface area (Å²) in [6.07, 6.45) is 0.659. The summed E-state index contributed by atoms with van der Waals surface area (Å²) < 4.78 is 5.72. The molecule has 23 heavy (non-hydrogen) atoms. The first-order valence-electron chi connectivity index (χ1n) is 7.36. The topological polar surface area (TPSA) is 38.9 Å². The van der Waals surface area contributed by atoms with E-state index in [9.17, 15) is 0 Å². The van der Waals surface area contributed by atoms with Crippen LogP contribution in [-0.4, -0.2) is 10.2 Å². The molecule has 1 aromatic heterocycles. The highest BCUT2D eigenvalue weighted by molar-refractivity contribution is 7.98. The second-order valence-electron chi connectivity index (χ2n) is 5.48. The van der Waals surface area contributed by atoms with Crippen LogP contribution in [0.2, 0.25) is 5.02 Å². The van der Waals surface area contributed by atoms with Crippen molar-refractivity contribution < 1.29 is 4.42 Å². The zero-order valence-corrected chi connectivity index (χ0v) is 14.6. The number of halogens is 1. The van der Waals surface area contributed by atoms with Gasteiger partial charge in [-0.25, -0.2) is 0 Å². The Bertz CT molecular complexity index is 816. The van der Waals surface area contributed by atoms with E-state index in [1.54, 1.807) is 0 Å². The van der Waals surface area contributed by atoms with Gasteiger partial charge < -0.3 is 4.42 Å². The van der Waals surface area contributed by atoms with E-state index in [1.165, 1.54) is 28.5 Å². The Balaban J connectivity index is 1.62. The predicted molar refractivity (Wildman–Crippen MR) is 94.0 cm³/mol. The summed E-state index contributed by atoms with van der Waals surface area (Å²) in [4.78, 5) is 0. The SMILES string of the molecule is Cc1ccc(Cc2nnc(SCc3cccc(Cl)c3)o2)cc1C. The minimum atomic E-state index is 0.587. The van der Waals surface area contributed by atoms with Gasteiger partial charge in [0.25, 0.3) is 5.22 Å². The van der Waals surface area contributed by atoms with Crippen molar-refractivity contribution >= 4 is 23.4 Å². The van der Waals surface area contributed by atoms with E-state index in [1.807, 2.05) is 24.3 Å². The maximum absolute atomic E-state index is 5.98. The van der Waals surface area contributed by atoms with Crippen LogP contribution in [0, 0.1) is 13.8 Å². The largest absolute Gasteiger partial charge is 0.416 e. The van der Waals surface area contributed by atoms with E-state index in [0.29, 0.717) is 17.5 Å². The number of hydrogen-bond donors (Lipinski definition) is 0. The number of rotatable bonds is 5. The summed E-state index contributed by atoms with van der Waals surface area (Å²) in [6, 6.07) is 14.2. The number of nitrogens with zero attached hydrogens (tertiary/aromatic N) is 2. The lowest BCUT2D eigenvalue weighted by Gasteiger charge is -2.02. The summed E-state index contributed by atoms with van der Waals surface area (Å²) >= 11 is 7.50. The average Bonchev–Trinajstić information content (AvgIpc) is 2.97. The molecule has 3 aromatic rings. The molecule has 0 bridgehead atoms. The molecule has 0 amide bonds. The molecule has 0 saturated heterocycles. The van der Waals surface area contributed by atoms with Gasteiger partial charge in [-0.2, -0.15) is 0 Å². The standard InChI is InChI=1S/C18H17ClN2OS/c1-12-6-7-14(8-13(12)2)10-17-20-21-18(22-17)23-11-15-4-3-5-16(19)9-15/h3-9H,10-11H2,1-2H3. The Labute approximate surface area is 145 Å². The van der Waals surface area contributed by atoms with Crippen molar-refractivity contribution in [3.8, 4) is 0 Å². The first-order chi connectivity index (χ1) is 11.1. The monoisotopic (exact) mass is 344 g/mol. The van der Waals surface area contributed by atoms with Crippen LogP contribution in [0.4, 0.5) is 0 Å². The van der Waals surface area contributed by atoms with Gasteiger partial charge in [0, 0.05) is 10.8 Å². The Kier molecular flexibility index (Phi) is 5.03. The van der Waals surface area contributed by atoms with Gasteiger partial charge in [-0.1, -0.05) is 53.7 Å². The molecule has 0 radical (unpaired) electrons. The Morgan fingerprint density at radius 3 is 2.65 bits per heavy atom. The lowest BCUT2D eigenvalue weighted by Crippen LogP contribution is -1.90. The van der Waals surface area contributed by atoms with Crippen molar-refractivity contribution in [3.63, 3.8) is 0 Å². The Morgan fingerprint density at radius 2 is 1.87 bits per heavy atom. The third-order valence-corrected chi connectivity index (χ3v) is 4.75. The molecular weight excluding hydrogens is 328 g/mol. The van der Waals surface area contributed by atoms with Gasteiger partial charge in [-0.05, 0) is 48.2 Å². The molecule has 3 nitrogen and oxygen atoms in total. The predicted octanol–water partition coefficient (Wildman–Crippen LogP) is 5.22. The molecule has 2 aromatic carbocycles. The Hall–Kier alpha value is -1.78. The molecule has 0 atom stereocenters. The lowest BCUT2D eigenvalue weighted by molar-refractivity contribution is 0.420. The van der Waals surface area contributed by atoms with Crippen LogP contribution in [0.3, 0.4) is 0 Å². The van der Waals surface area contributed by atoms with E-state index < -0.39 is 0 Å². The lowest BCUT2D eigenvalue weighted by atomic mass is 10.0. The Morgan fingerprint density at radius 1 is 1.00 bits per heavy atom. The van der Waals surface area contributed by atoms with E-state index in [4.69, 9.17) is 16.0 Å². The first kappa shape index (κ1) is 16.1. The van der Waals surface area contributed by atoms with E-state index in [2.05, 4.69) is 42.2 Å². The van der Waals surface area contributed by atoms with Gasteiger partial charge in [0.1, 0.15) is 0 Å². The zero-order valence-electron chi connectivity index (χ0n) is 13.0. The summed E-state index contributed by atoms with van der Waals surface area (Å²) in [5, 5.41) is 9.56. The molecule has 0 saturated carbocycles. The molecule has 118 valence electrons. The van der Waals surface area contributed by atoms with Crippen LogP contribution in [-0.2, 0) is 12.2 Å². The summed E-state index contributed by atoms with van der Waals surface area (Å²) in [7, 11) is 0. The van der Waals surface area contributed by atoms with Crippen LogP contribution in [0.15, 0.2) is 52.1 Å². The number of hydrogen-bond acceptors (Lipinski definition) is 4. The van der Waals surface area contributed by atoms with Gasteiger partial charge in [-0.3, -0.25) is 0 Å². The maximum Gasteiger partial charge on any atom is 0.276 e. The van der Waals surface area contributed by atoms with Crippen molar-refractivity contribution in [2.24, 2.45) is 0 Å². The van der Waals surface area contributed by atoms with Crippen molar-refractivity contribution in [3.05, 3.63) is 75.6 Å². The molecule has 0 spiro atoms. The number of aryl methyl sites for hydroxylation is 2. The number of thioether (sulfide) groups is 1. The van der Waals surface area contributed by atoms with E-state index >= 15 is 0 Å². The first-order valence-corrected chi connectivity index (χ1v) is 8.72. The second-order valence-corrected chi connectivity index (χ2v) is 6.84. The summed E-state index contributed by atoms with van der Waals surface area (Å²) in [6.45, 7) is 4.22. The zero-order chi connectivity index (χ0) is 16.2. The third-order valence-electron chi connectivity index (χ3n) is 3.63. The molecule has 0 aliphatic rings. The van der Waals surface area contributed by atoms with Crippen LogP contribution < -0.4 is 0 Å². The maximum atomic E-state index is 5.98. The fourth-order valence-electron chi connectivity index (χ4n) is 2.23. The van der Waals surface area contributed by atoms with Crippen LogP contribution in [0.5, 0.6) is 0 Å².